The maximum Gasteiger partial charge on any atom is 0.338 e. The molecule has 4 aromatic rings. The van der Waals surface area contributed by atoms with E-state index in [0.717, 1.165) is 19.2 Å². The number of esters is 1. The number of hydrogen-bond acceptors (Lipinski definition) is 7. The Bertz CT molecular complexity index is 1980. The molecule has 1 atom stereocenters. The Hall–Kier alpha value is -2.64. The number of aromatic nitrogens is 1. The van der Waals surface area contributed by atoms with Crippen molar-refractivity contribution < 1.29 is 19.0 Å². The minimum Gasteiger partial charge on any atom is -0.491 e. The lowest BCUT2D eigenvalue weighted by atomic mass is 9.95. The first kappa shape index (κ1) is 33.7. The summed E-state index contributed by atoms with van der Waals surface area (Å²) in [7, 11) is 0. The Morgan fingerprint density at radius 1 is 1.18 bits per heavy atom. The number of nitrogens with zero attached hydrogens (tertiary/aromatic N) is 2. The highest BCUT2D eigenvalue weighted by molar-refractivity contribution is 14.1. The smallest absolute Gasteiger partial charge is 0.338 e. The lowest BCUT2D eigenvalue weighted by Gasteiger charge is -2.26. The summed E-state index contributed by atoms with van der Waals surface area (Å²) in [5, 5.41) is 1.08. The molecule has 1 aliphatic heterocycles. The standard InChI is InChI=1S/C33H28BrCl2IN2O5S/c1-5-42-32(41)28-18(4)38-33-39(29(28)22-8-6-7-9-26(22)44-17(2)3)31(40)27(45-33)14-19-12-23(34)30(25(37)13-19)43-16-20-10-11-21(35)15-24(20)36/h6-15,17,29H,5,16H2,1-4H3/b27-14+/t29-/m0/s1. The minimum atomic E-state index is -0.778. The Morgan fingerprint density at radius 2 is 1.93 bits per heavy atom. The van der Waals surface area contributed by atoms with Gasteiger partial charge in [-0.1, -0.05) is 58.8 Å². The van der Waals surface area contributed by atoms with Crippen LogP contribution in [0.25, 0.3) is 6.08 Å². The van der Waals surface area contributed by atoms with Gasteiger partial charge in [0.2, 0.25) is 0 Å². The fourth-order valence-corrected chi connectivity index (χ4v) is 8.17. The van der Waals surface area contributed by atoms with Gasteiger partial charge in [0.15, 0.2) is 4.80 Å². The molecule has 5 rings (SSSR count). The first-order valence-electron chi connectivity index (χ1n) is 14.0. The predicted octanol–water partition coefficient (Wildman–Crippen LogP) is 7.84. The molecular weight excluding hydrogens is 814 g/mol. The number of hydrogen-bond donors (Lipinski definition) is 0. The number of halogens is 4. The fourth-order valence-electron chi connectivity index (χ4n) is 4.89. The maximum absolute atomic E-state index is 14.1. The Kier molecular flexibility index (Phi) is 10.8. The molecule has 2 heterocycles. The summed E-state index contributed by atoms with van der Waals surface area (Å²) in [4.78, 5) is 32.6. The molecule has 12 heteroatoms. The number of carbonyl (C=O) groups excluding carboxylic acids is 1. The topological polar surface area (TPSA) is 79.1 Å². The van der Waals surface area contributed by atoms with E-state index < -0.39 is 12.0 Å². The molecule has 7 nitrogen and oxygen atoms in total. The van der Waals surface area contributed by atoms with Crippen molar-refractivity contribution in [3.8, 4) is 11.5 Å². The Labute approximate surface area is 296 Å². The third-order valence-electron chi connectivity index (χ3n) is 6.80. The molecule has 1 aromatic heterocycles. The van der Waals surface area contributed by atoms with Gasteiger partial charge in [-0.15, -0.1) is 0 Å². The average molecular weight is 842 g/mol. The number of carbonyl (C=O) groups is 1. The second-order valence-corrected chi connectivity index (χ2v) is 14.2. The van der Waals surface area contributed by atoms with E-state index in [-0.39, 0.29) is 24.9 Å². The van der Waals surface area contributed by atoms with Gasteiger partial charge in [0.1, 0.15) is 24.1 Å². The number of fused-ring (bicyclic) bond motifs is 1. The number of thiazole rings is 1. The summed E-state index contributed by atoms with van der Waals surface area (Å²) >= 11 is 19.4. The summed E-state index contributed by atoms with van der Waals surface area (Å²) in [5.41, 5.74) is 2.79. The van der Waals surface area contributed by atoms with Crippen LogP contribution in [0.2, 0.25) is 10.0 Å². The Balaban J connectivity index is 1.58. The van der Waals surface area contributed by atoms with E-state index in [0.29, 0.717) is 47.7 Å². The van der Waals surface area contributed by atoms with E-state index in [1.807, 2.05) is 62.4 Å². The molecule has 45 heavy (non-hydrogen) atoms. The summed E-state index contributed by atoms with van der Waals surface area (Å²) < 4.78 is 21.2. The van der Waals surface area contributed by atoms with Crippen molar-refractivity contribution in [1.82, 2.24) is 4.57 Å². The molecule has 234 valence electrons. The van der Waals surface area contributed by atoms with E-state index in [4.69, 9.17) is 37.4 Å². The van der Waals surface area contributed by atoms with Crippen molar-refractivity contribution in [3.63, 3.8) is 0 Å². The van der Waals surface area contributed by atoms with Gasteiger partial charge in [0.25, 0.3) is 5.56 Å². The van der Waals surface area contributed by atoms with E-state index in [2.05, 4.69) is 43.5 Å². The highest BCUT2D eigenvalue weighted by Gasteiger charge is 2.35. The van der Waals surface area contributed by atoms with Gasteiger partial charge in [-0.3, -0.25) is 9.36 Å². The second-order valence-electron chi connectivity index (χ2n) is 10.3. The molecule has 0 saturated carbocycles. The van der Waals surface area contributed by atoms with E-state index in [1.165, 1.54) is 11.3 Å². The van der Waals surface area contributed by atoms with Crippen LogP contribution in [-0.2, 0) is 16.1 Å². The van der Waals surface area contributed by atoms with Gasteiger partial charge in [0.05, 0.1) is 36.6 Å². The van der Waals surface area contributed by atoms with Crippen LogP contribution in [0.5, 0.6) is 11.5 Å². The van der Waals surface area contributed by atoms with Crippen LogP contribution < -0.4 is 24.4 Å². The van der Waals surface area contributed by atoms with Crippen molar-refractivity contribution in [2.75, 3.05) is 6.61 Å². The summed E-state index contributed by atoms with van der Waals surface area (Å²) in [6, 6.07) is 15.7. The van der Waals surface area contributed by atoms with Gasteiger partial charge in [0, 0.05) is 21.2 Å². The van der Waals surface area contributed by atoms with Crippen LogP contribution in [0.3, 0.4) is 0 Å². The average Bonchev–Trinajstić information content (AvgIpc) is 3.26. The van der Waals surface area contributed by atoms with Crippen LogP contribution in [0.15, 0.2) is 80.1 Å². The van der Waals surface area contributed by atoms with Crippen molar-refractivity contribution in [2.24, 2.45) is 4.99 Å². The number of ether oxygens (including phenoxy) is 3. The lowest BCUT2D eigenvalue weighted by Crippen LogP contribution is -2.40. The molecule has 0 radical (unpaired) electrons. The lowest BCUT2D eigenvalue weighted by molar-refractivity contribution is -0.139. The molecule has 0 N–H and O–H groups in total. The largest absolute Gasteiger partial charge is 0.491 e. The first-order valence-corrected chi connectivity index (χ1v) is 17.4. The maximum atomic E-state index is 14.1. The van der Waals surface area contributed by atoms with Crippen LogP contribution >= 0.6 is 73.1 Å². The van der Waals surface area contributed by atoms with Crippen LogP contribution in [0, 0.1) is 3.57 Å². The molecule has 0 fully saturated rings. The Morgan fingerprint density at radius 3 is 2.62 bits per heavy atom. The molecular formula is C33H28BrCl2IN2O5S. The van der Waals surface area contributed by atoms with Crippen molar-refractivity contribution >= 4 is 85.1 Å². The normalized spacial score (nSPS) is 14.8. The van der Waals surface area contributed by atoms with Gasteiger partial charge >= 0.3 is 5.97 Å². The number of para-hydroxylation sites is 1. The van der Waals surface area contributed by atoms with Crippen LogP contribution in [0.4, 0.5) is 0 Å². The van der Waals surface area contributed by atoms with E-state index >= 15 is 0 Å². The number of allylic oxidation sites excluding steroid dienone is 1. The van der Waals surface area contributed by atoms with Crippen LogP contribution in [-0.4, -0.2) is 23.2 Å². The molecule has 0 saturated heterocycles. The summed E-state index contributed by atoms with van der Waals surface area (Å²) in [6.45, 7) is 7.81. The summed E-state index contributed by atoms with van der Waals surface area (Å²) in [5.74, 6) is 0.709. The molecule has 0 unspecified atom stereocenters. The zero-order chi connectivity index (χ0) is 32.4. The molecule has 0 spiro atoms. The zero-order valence-corrected chi connectivity index (χ0v) is 30.8. The van der Waals surface area contributed by atoms with E-state index in [1.54, 1.807) is 30.5 Å². The minimum absolute atomic E-state index is 0.117. The van der Waals surface area contributed by atoms with Gasteiger partial charge in [-0.25, -0.2) is 9.79 Å². The molecule has 0 bridgehead atoms. The molecule has 0 amide bonds. The van der Waals surface area contributed by atoms with Gasteiger partial charge < -0.3 is 14.2 Å². The molecule has 3 aromatic carbocycles. The van der Waals surface area contributed by atoms with Gasteiger partial charge in [-0.2, -0.15) is 0 Å². The van der Waals surface area contributed by atoms with Gasteiger partial charge in [-0.05, 0) is 108 Å². The SMILES string of the molecule is CCOC(=O)C1=C(C)N=c2s/c(=C/c3cc(Br)c(OCc4ccc(Cl)cc4Cl)c(I)c3)c(=O)n2[C@H]1c1ccccc1OC(C)C. The molecule has 0 aliphatic carbocycles. The van der Waals surface area contributed by atoms with Crippen molar-refractivity contribution in [2.45, 2.75) is 46.4 Å². The highest BCUT2D eigenvalue weighted by Crippen LogP contribution is 2.37. The zero-order valence-electron chi connectivity index (χ0n) is 24.7. The molecule has 1 aliphatic rings. The monoisotopic (exact) mass is 840 g/mol. The predicted molar refractivity (Wildman–Crippen MR) is 190 cm³/mol. The number of benzene rings is 3. The second kappa shape index (κ2) is 14.4. The number of rotatable bonds is 9. The van der Waals surface area contributed by atoms with Crippen molar-refractivity contribution in [3.05, 3.63) is 120 Å². The summed E-state index contributed by atoms with van der Waals surface area (Å²) in [6.07, 6.45) is 1.70. The quantitative estimate of drug-likeness (QED) is 0.127. The van der Waals surface area contributed by atoms with Crippen molar-refractivity contribution in [1.29, 1.82) is 0 Å². The first-order chi connectivity index (χ1) is 21.5. The van der Waals surface area contributed by atoms with E-state index in [9.17, 15) is 9.59 Å². The van der Waals surface area contributed by atoms with Crippen LogP contribution in [0.1, 0.15) is 50.4 Å². The fraction of sp³-hybridized carbons (Fsp3) is 0.242. The third-order valence-corrected chi connectivity index (χ3v) is 9.76. The third kappa shape index (κ3) is 7.35. The highest BCUT2D eigenvalue weighted by atomic mass is 127.